The molecule has 0 radical (unpaired) electrons. The molecule has 3 heteroatoms. The molecule has 3 nitrogen and oxygen atoms in total. The molecule has 1 atom stereocenters. The number of benzene rings is 1. The largest absolute Gasteiger partial charge is 0.384 e. The Hall–Kier alpha value is -1.19. The van der Waals surface area contributed by atoms with Gasteiger partial charge in [-0.25, -0.2) is 0 Å². The number of carbonyl (C=O) groups is 1. The summed E-state index contributed by atoms with van der Waals surface area (Å²) in [6.45, 7) is 0.355. The van der Waals surface area contributed by atoms with Crippen LogP contribution in [0.25, 0.3) is 0 Å². The van der Waals surface area contributed by atoms with E-state index in [0.29, 0.717) is 12.1 Å². The zero-order valence-electron chi connectivity index (χ0n) is 8.47. The highest BCUT2D eigenvalue weighted by Crippen LogP contribution is 2.03. The van der Waals surface area contributed by atoms with Crippen molar-refractivity contribution >= 4 is 5.78 Å². The van der Waals surface area contributed by atoms with Crippen LogP contribution in [-0.4, -0.2) is 42.5 Å². The van der Waals surface area contributed by atoms with Gasteiger partial charge in [0.2, 0.25) is 0 Å². The summed E-state index contributed by atoms with van der Waals surface area (Å²) in [5.41, 5.74) is 0.557. The third-order valence-corrected chi connectivity index (χ3v) is 1.90. The number of hydrogen-bond acceptors (Lipinski definition) is 3. The van der Waals surface area contributed by atoms with Crippen LogP contribution < -0.4 is 0 Å². The van der Waals surface area contributed by atoms with Crippen molar-refractivity contribution < 1.29 is 9.90 Å². The Morgan fingerprint density at radius 2 is 1.93 bits per heavy atom. The number of likely N-dealkylation sites (N-methyl/N-ethyl adjacent to an activating group) is 1. The highest BCUT2D eigenvalue weighted by atomic mass is 16.3. The van der Waals surface area contributed by atoms with Crippen LogP contribution in [0.4, 0.5) is 0 Å². The Bertz CT molecular complexity index is 295. The van der Waals surface area contributed by atoms with E-state index in [4.69, 9.17) is 0 Å². The first-order valence-corrected chi connectivity index (χ1v) is 4.53. The van der Waals surface area contributed by atoms with Crippen LogP contribution in [0.1, 0.15) is 10.4 Å². The van der Waals surface area contributed by atoms with Crippen LogP contribution >= 0.6 is 0 Å². The normalized spacial score (nSPS) is 12.9. The Labute approximate surface area is 84.0 Å². The molecule has 1 aromatic rings. The average molecular weight is 193 g/mol. The third kappa shape index (κ3) is 2.94. The topological polar surface area (TPSA) is 40.5 Å². The standard InChI is InChI=1S/C11H15NO2/c1-12(2)8-10(13)11(14)9-6-4-3-5-7-9/h3-7,10,13H,8H2,1-2H3/t10-/m0/s1. The zero-order chi connectivity index (χ0) is 10.6. The van der Waals surface area contributed by atoms with Crippen molar-refractivity contribution in [2.45, 2.75) is 6.10 Å². The molecule has 0 saturated carbocycles. The van der Waals surface area contributed by atoms with Crippen LogP contribution in [0.5, 0.6) is 0 Å². The van der Waals surface area contributed by atoms with Crippen molar-refractivity contribution in [3.8, 4) is 0 Å². The molecule has 0 heterocycles. The summed E-state index contributed by atoms with van der Waals surface area (Å²) < 4.78 is 0. The van der Waals surface area contributed by atoms with Gasteiger partial charge in [-0.2, -0.15) is 0 Å². The number of nitrogens with zero attached hydrogens (tertiary/aromatic N) is 1. The fraction of sp³-hybridized carbons (Fsp3) is 0.364. The molecule has 0 unspecified atom stereocenters. The van der Waals surface area contributed by atoms with Gasteiger partial charge in [0.25, 0.3) is 0 Å². The molecule has 14 heavy (non-hydrogen) atoms. The molecule has 1 N–H and O–H groups in total. The molecule has 0 aliphatic rings. The summed E-state index contributed by atoms with van der Waals surface area (Å²) in [6.07, 6.45) is -0.938. The second-order valence-electron chi connectivity index (χ2n) is 3.51. The van der Waals surface area contributed by atoms with Gasteiger partial charge >= 0.3 is 0 Å². The monoisotopic (exact) mass is 193 g/mol. The van der Waals surface area contributed by atoms with Crippen molar-refractivity contribution in [2.75, 3.05) is 20.6 Å². The van der Waals surface area contributed by atoms with Gasteiger partial charge in [0.05, 0.1) is 0 Å². The number of ketones is 1. The predicted molar refractivity (Wildman–Crippen MR) is 55.3 cm³/mol. The fourth-order valence-electron chi connectivity index (χ4n) is 1.22. The summed E-state index contributed by atoms with van der Waals surface area (Å²) in [5.74, 6) is -0.223. The van der Waals surface area contributed by atoms with Crippen molar-refractivity contribution in [2.24, 2.45) is 0 Å². The molecule has 0 aliphatic heterocycles. The smallest absolute Gasteiger partial charge is 0.192 e. The lowest BCUT2D eigenvalue weighted by Gasteiger charge is -2.14. The second-order valence-corrected chi connectivity index (χ2v) is 3.51. The summed E-state index contributed by atoms with van der Waals surface area (Å²) in [5, 5.41) is 9.55. The second kappa shape index (κ2) is 4.88. The number of aliphatic hydroxyl groups is 1. The molecule has 0 aliphatic carbocycles. The van der Waals surface area contributed by atoms with E-state index in [-0.39, 0.29) is 5.78 Å². The van der Waals surface area contributed by atoms with Gasteiger partial charge in [0.15, 0.2) is 5.78 Å². The van der Waals surface area contributed by atoms with Crippen LogP contribution in [0.15, 0.2) is 30.3 Å². The summed E-state index contributed by atoms with van der Waals surface area (Å²) in [7, 11) is 3.64. The lowest BCUT2D eigenvalue weighted by Crippen LogP contribution is -2.32. The fourth-order valence-corrected chi connectivity index (χ4v) is 1.22. The first-order valence-electron chi connectivity index (χ1n) is 4.53. The summed E-state index contributed by atoms with van der Waals surface area (Å²) in [6, 6.07) is 8.84. The van der Waals surface area contributed by atoms with Crippen LogP contribution in [0.3, 0.4) is 0 Å². The van der Waals surface area contributed by atoms with E-state index >= 15 is 0 Å². The molecule has 1 aromatic carbocycles. The lowest BCUT2D eigenvalue weighted by atomic mass is 10.1. The summed E-state index contributed by atoms with van der Waals surface area (Å²) in [4.78, 5) is 13.4. The zero-order valence-corrected chi connectivity index (χ0v) is 8.47. The minimum Gasteiger partial charge on any atom is -0.384 e. The quantitative estimate of drug-likeness (QED) is 0.719. The first kappa shape index (κ1) is 10.9. The molecule has 1 rings (SSSR count). The maximum atomic E-state index is 11.6. The van der Waals surface area contributed by atoms with Gasteiger partial charge in [-0.1, -0.05) is 30.3 Å². The SMILES string of the molecule is CN(C)C[C@H](O)C(=O)c1ccccc1. The average Bonchev–Trinajstić information content (AvgIpc) is 2.17. The Kier molecular flexibility index (Phi) is 3.80. The van der Waals surface area contributed by atoms with E-state index < -0.39 is 6.10 Å². The molecule has 0 fully saturated rings. The highest BCUT2D eigenvalue weighted by Gasteiger charge is 2.16. The van der Waals surface area contributed by atoms with Crippen molar-refractivity contribution in [3.05, 3.63) is 35.9 Å². The number of carbonyl (C=O) groups excluding carboxylic acids is 1. The number of Topliss-reactive ketones (excluding diaryl/α,β-unsaturated/α-hetero) is 1. The van der Waals surface area contributed by atoms with Gasteiger partial charge in [-0.3, -0.25) is 4.79 Å². The van der Waals surface area contributed by atoms with Crippen LogP contribution in [0, 0.1) is 0 Å². The third-order valence-electron chi connectivity index (χ3n) is 1.90. The van der Waals surface area contributed by atoms with Gasteiger partial charge in [-0.15, -0.1) is 0 Å². The van der Waals surface area contributed by atoms with E-state index in [1.54, 1.807) is 29.2 Å². The predicted octanol–water partition coefficient (Wildman–Crippen LogP) is 0.792. The van der Waals surface area contributed by atoms with Gasteiger partial charge < -0.3 is 10.0 Å². The van der Waals surface area contributed by atoms with E-state index in [9.17, 15) is 9.90 Å². The Balaban J connectivity index is 2.66. The number of hydrogen-bond donors (Lipinski definition) is 1. The van der Waals surface area contributed by atoms with Gasteiger partial charge in [-0.05, 0) is 14.1 Å². The minimum atomic E-state index is -0.938. The minimum absolute atomic E-state index is 0.223. The van der Waals surface area contributed by atoms with E-state index in [0.717, 1.165) is 0 Å². The molecule has 0 aromatic heterocycles. The molecular weight excluding hydrogens is 178 g/mol. The van der Waals surface area contributed by atoms with Crippen molar-refractivity contribution in [1.82, 2.24) is 4.90 Å². The molecule has 0 saturated heterocycles. The first-order chi connectivity index (χ1) is 6.61. The molecule has 0 amide bonds. The maximum Gasteiger partial charge on any atom is 0.192 e. The van der Waals surface area contributed by atoms with Crippen molar-refractivity contribution in [3.63, 3.8) is 0 Å². The number of aliphatic hydroxyl groups excluding tert-OH is 1. The Morgan fingerprint density at radius 3 is 2.43 bits per heavy atom. The van der Waals surface area contributed by atoms with E-state index in [2.05, 4.69) is 0 Å². The summed E-state index contributed by atoms with van der Waals surface area (Å²) >= 11 is 0. The van der Waals surface area contributed by atoms with Crippen LogP contribution in [-0.2, 0) is 0 Å². The maximum absolute atomic E-state index is 11.6. The van der Waals surface area contributed by atoms with Crippen LogP contribution in [0.2, 0.25) is 0 Å². The van der Waals surface area contributed by atoms with Gasteiger partial charge in [0.1, 0.15) is 6.10 Å². The highest BCUT2D eigenvalue weighted by molar-refractivity contribution is 5.99. The van der Waals surface area contributed by atoms with Crippen molar-refractivity contribution in [1.29, 1.82) is 0 Å². The lowest BCUT2D eigenvalue weighted by molar-refractivity contribution is 0.0689. The molecule has 0 bridgehead atoms. The number of rotatable bonds is 4. The molecule has 76 valence electrons. The molecular formula is C11H15NO2. The van der Waals surface area contributed by atoms with Gasteiger partial charge in [0, 0.05) is 12.1 Å². The Morgan fingerprint density at radius 1 is 1.36 bits per heavy atom. The van der Waals surface area contributed by atoms with E-state index in [1.807, 2.05) is 20.2 Å². The molecule has 0 spiro atoms. The van der Waals surface area contributed by atoms with E-state index in [1.165, 1.54) is 0 Å².